The van der Waals surface area contributed by atoms with E-state index in [0.29, 0.717) is 17.8 Å². The van der Waals surface area contributed by atoms with Gasteiger partial charge in [0.25, 0.3) is 0 Å². The lowest BCUT2D eigenvalue weighted by atomic mass is 10.2. The molecule has 2 heterocycles. The fraction of sp³-hybridized carbons (Fsp3) is 0.438. The molecule has 0 atom stereocenters. The predicted octanol–water partition coefficient (Wildman–Crippen LogP) is 3.31. The standard InChI is InChI=1S/C16H20N2O4/c1-4-6-10-22-16(20)18-13(15(19)21-5-2)11(3)12-8-7-9-17-14(12)18/h7-9H,4-6,10H2,1-3H3. The minimum atomic E-state index is -0.603. The third-order valence-corrected chi connectivity index (χ3v) is 3.36. The Hall–Kier alpha value is -2.37. The summed E-state index contributed by atoms with van der Waals surface area (Å²) in [7, 11) is 0. The maximum absolute atomic E-state index is 12.4. The number of unbranched alkanes of at least 4 members (excludes halogenated alkanes) is 1. The van der Waals surface area contributed by atoms with E-state index in [2.05, 4.69) is 4.98 Å². The number of esters is 1. The Kier molecular flexibility index (Phi) is 5.14. The van der Waals surface area contributed by atoms with Crippen molar-refractivity contribution >= 4 is 23.1 Å². The van der Waals surface area contributed by atoms with Gasteiger partial charge in [0.15, 0.2) is 5.65 Å². The lowest BCUT2D eigenvalue weighted by Gasteiger charge is -2.09. The van der Waals surface area contributed by atoms with Crippen LogP contribution in [-0.4, -0.2) is 34.8 Å². The minimum Gasteiger partial charge on any atom is -0.461 e. The van der Waals surface area contributed by atoms with E-state index in [9.17, 15) is 9.59 Å². The van der Waals surface area contributed by atoms with Crippen molar-refractivity contribution in [3.63, 3.8) is 0 Å². The number of nitrogens with zero attached hydrogens (tertiary/aromatic N) is 2. The van der Waals surface area contributed by atoms with Crippen molar-refractivity contribution in [1.29, 1.82) is 0 Å². The van der Waals surface area contributed by atoms with Crippen molar-refractivity contribution in [2.75, 3.05) is 13.2 Å². The topological polar surface area (TPSA) is 70.4 Å². The first-order chi connectivity index (χ1) is 10.6. The van der Waals surface area contributed by atoms with E-state index in [-0.39, 0.29) is 12.3 Å². The molecule has 6 heteroatoms. The second kappa shape index (κ2) is 7.06. The number of aryl methyl sites for hydroxylation is 1. The van der Waals surface area contributed by atoms with E-state index in [0.717, 1.165) is 18.2 Å². The van der Waals surface area contributed by atoms with Crippen LogP contribution in [0.15, 0.2) is 18.3 Å². The van der Waals surface area contributed by atoms with E-state index in [4.69, 9.17) is 9.47 Å². The molecule has 0 saturated heterocycles. The van der Waals surface area contributed by atoms with Crippen LogP contribution < -0.4 is 0 Å². The molecule has 22 heavy (non-hydrogen) atoms. The summed E-state index contributed by atoms with van der Waals surface area (Å²) in [6, 6.07) is 3.58. The van der Waals surface area contributed by atoms with Crippen molar-refractivity contribution in [2.24, 2.45) is 0 Å². The molecule has 0 saturated carbocycles. The number of fused-ring (bicyclic) bond motifs is 1. The van der Waals surface area contributed by atoms with Crippen molar-refractivity contribution in [3.8, 4) is 0 Å². The van der Waals surface area contributed by atoms with Crippen molar-refractivity contribution in [2.45, 2.75) is 33.6 Å². The average molecular weight is 304 g/mol. The van der Waals surface area contributed by atoms with Gasteiger partial charge >= 0.3 is 12.1 Å². The molecule has 0 aliphatic heterocycles. The summed E-state index contributed by atoms with van der Waals surface area (Å²) in [4.78, 5) is 28.8. The van der Waals surface area contributed by atoms with Crippen LogP contribution in [0.2, 0.25) is 0 Å². The monoisotopic (exact) mass is 304 g/mol. The van der Waals surface area contributed by atoms with Gasteiger partial charge in [-0.2, -0.15) is 0 Å². The van der Waals surface area contributed by atoms with Gasteiger partial charge in [-0.3, -0.25) is 0 Å². The predicted molar refractivity (Wildman–Crippen MR) is 82.1 cm³/mol. The molecule has 0 unspecified atom stereocenters. The zero-order chi connectivity index (χ0) is 16.1. The normalized spacial score (nSPS) is 10.7. The Labute approximate surface area is 129 Å². The smallest absolute Gasteiger partial charge is 0.420 e. The number of rotatable bonds is 5. The summed E-state index contributed by atoms with van der Waals surface area (Å²) in [5, 5.41) is 0.734. The van der Waals surface area contributed by atoms with E-state index >= 15 is 0 Å². The van der Waals surface area contributed by atoms with Gasteiger partial charge in [0.1, 0.15) is 5.69 Å². The number of pyridine rings is 1. The molecule has 0 fully saturated rings. The summed E-state index contributed by atoms with van der Waals surface area (Å²) >= 11 is 0. The maximum Gasteiger partial charge on any atom is 0.420 e. The molecule has 0 aromatic carbocycles. The van der Waals surface area contributed by atoms with Gasteiger partial charge in [0, 0.05) is 11.6 Å². The van der Waals surface area contributed by atoms with Gasteiger partial charge in [0.2, 0.25) is 0 Å². The second-order valence-corrected chi connectivity index (χ2v) is 4.87. The lowest BCUT2D eigenvalue weighted by molar-refractivity contribution is 0.0510. The molecular formula is C16H20N2O4. The lowest BCUT2D eigenvalue weighted by Crippen LogP contribution is -2.21. The van der Waals surface area contributed by atoms with Crippen LogP contribution >= 0.6 is 0 Å². The number of carbonyl (C=O) groups excluding carboxylic acids is 2. The quantitative estimate of drug-likeness (QED) is 0.626. The first-order valence-electron chi connectivity index (χ1n) is 7.42. The first kappa shape index (κ1) is 16.0. The molecule has 0 spiro atoms. The fourth-order valence-corrected chi connectivity index (χ4v) is 2.26. The average Bonchev–Trinajstić information content (AvgIpc) is 2.81. The number of ether oxygens (including phenoxy) is 2. The zero-order valence-electron chi connectivity index (χ0n) is 13.1. The Morgan fingerprint density at radius 2 is 2.05 bits per heavy atom. The van der Waals surface area contributed by atoms with Crippen LogP contribution in [-0.2, 0) is 9.47 Å². The molecule has 0 aliphatic carbocycles. The first-order valence-corrected chi connectivity index (χ1v) is 7.42. The molecule has 2 aromatic heterocycles. The van der Waals surface area contributed by atoms with Crippen molar-refractivity contribution in [1.82, 2.24) is 9.55 Å². The Morgan fingerprint density at radius 1 is 1.27 bits per heavy atom. The van der Waals surface area contributed by atoms with Crippen LogP contribution in [0.25, 0.3) is 11.0 Å². The Balaban J connectivity index is 2.51. The minimum absolute atomic E-state index is 0.178. The summed E-state index contributed by atoms with van der Waals surface area (Å²) in [5.74, 6) is -0.551. The van der Waals surface area contributed by atoms with Gasteiger partial charge < -0.3 is 9.47 Å². The number of aromatic nitrogens is 2. The van der Waals surface area contributed by atoms with Gasteiger partial charge in [0.05, 0.1) is 13.2 Å². The SMILES string of the molecule is CCCCOC(=O)n1c(C(=O)OCC)c(C)c2cccnc21. The summed E-state index contributed by atoms with van der Waals surface area (Å²) < 4.78 is 11.5. The van der Waals surface area contributed by atoms with Gasteiger partial charge in [-0.1, -0.05) is 13.3 Å². The highest BCUT2D eigenvalue weighted by molar-refractivity contribution is 6.03. The summed E-state index contributed by atoms with van der Waals surface area (Å²) in [6.07, 6.45) is 2.66. The highest BCUT2D eigenvalue weighted by Gasteiger charge is 2.26. The van der Waals surface area contributed by atoms with Crippen molar-refractivity contribution in [3.05, 3.63) is 29.6 Å². The molecule has 2 aromatic rings. The van der Waals surface area contributed by atoms with Crippen LogP contribution in [0.5, 0.6) is 0 Å². The molecule has 0 aliphatic rings. The van der Waals surface area contributed by atoms with Gasteiger partial charge in [-0.05, 0) is 38.0 Å². The van der Waals surface area contributed by atoms with E-state index < -0.39 is 12.1 Å². The molecule has 2 rings (SSSR count). The summed E-state index contributed by atoms with van der Waals surface area (Å²) in [5.41, 5.74) is 1.25. The molecule has 0 N–H and O–H groups in total. The van der Waals surface area contributed by atoms with Crippen LogP contribution in [0.1, 0.15) is 42.7 Å². The molecule has 118 valence electrons. The largest absolute Gasteiger partial charge is 0.461 e. The fourth-order valence-electron chi connectivity index (χ4n) is 2.26. The molecule has 0 bridgehead atoms. The highest BCUT2D eigenvalue weighted by atomic mass is 16.6. The van der Waals surface area contributed by atoms with E-state index in [1.54, 1.807) is 26.1 Å². The van der Waals surface area contributed by atoms with Crippen LogP contribution in [0.3, 0.4) is 0 Å². The second-order valence-electron chi connectivity index (χ2n) is 4.87. The third-order valence-electron chi connectivity index (χ3n) is 3.36. The van der Waals surface area contributed by atoms with Crippen LogP contribution in [0.4, 0.5) is 4.79 Å². The van der Waals surface area contributed by atoms with Crippen molar-refractivity contribution < 1.29 is 19.1 Å². The Morgan fingerprint density at radius 3 is 2.73 bits per heavy atom. The van der Waals surface area contributed by atoms with Crippen LogP contribution in [0, 0.1) is 6.92 Å². The zero-order valence-corrected chi connectivity index (χ0v) is 13.1. The maximum atomic E-state index is 12.4. The molecule has 0 radical (unpaired) electrons. The molecule has 6 nitrogen and oxygen atoms in total. The summed E-state index contributed by atoms with van der Waals surface area (Å²) in [6.45, 7) is 6.04. The number of carbonyl (C=O) groups is 2. The van der Waals surface area contributed by atoms with E-state index in [1.807, 2.05) is 13.0 Å². The van der Waals surface area contributed by atoms with E-state index in [1.165, 1.54) is 4.57 Å². The molecular weight excluding hydrogens is 284 g/mol. The third kappa shape index (κ3) is 2.95. The Bertz CT molecular complexity index is 691. The highest BCUT2D eigenvalue weighted by Crippen LogP contribution is 2.25. The molecule has 0 amide bonds. The van der Waals surface area contributed by atoms with Gasteiger partial charge in [-0.15, -0.1) is 0 Å². The number of hydrogen-bond donors (Lipinski definition) is 0. The van der Waals surface area contributed by atoms with Gasteiger partial charge in [-0.25, -0.2) is 19.1 Å². The number of hydrogen-bond acceptors (Lipinski definition) is 5.